The predicted molar refractivity (Wildman–Crippen MR) is 75.8 cm³/mol. The van der Waals surface area contributed by atoms with Gasteiger partial charge in [0.1, 0.15) is 5.75 Å². The fourth-order valence-corrected chi connectivity index (χ4v) is 2.49. The Balaban J connectivity index is 1.85. The molecule has 0 spiro atoms. The zero-order valence-electron chi connectivity index (χ0n) is 11.2. The molecule has 1 aliphatic rings. The van der Waals surface area contributed by atoms with Crippen LogP contribution in [0.15, 0.2) is 42.5 Å². The van der Waals surface area contributed by atoms with Crippen molar-refractivity contribution in [2.45, 2.75) is 13.1 Å². The molecule has 0 unspecified atom stereocenters. The Labute approximate surface area is 117 Å². The third-order valence-electron chi connectivity index (χ3n) is 3.56. The Morgan fingerprint density at radius 3 is 2.50 bits per heavy atom. The maximum absolute atomic E-state index is 11.5. The number of esters is 1. The van der Waals surface area contributed by atoms with Gasteiger partial charge in [0, 0.05) is 18.8 Å². The summed E-state index contributed by atoms with van der Waals surface area (Å²) in [6.07, 6.45) is 0. The molecule has 2 aromatic carbocycles. The number of phenolic OH excluding ortho intramolecular Hbond substituents is 1. The van der Waals surface area contributed by atoms with Crippen molar-refractivity contribution in [2.24, 2.45) is 0 Å². The molecule has 4 heteroatoms. The highest BCUT2D eigenvalue weighted by Crippen LogP contribution is 2.29. The van der Waals surface area contributed by atoms with Gasteiger partial charge in [-0.1, -0.05) is 6.07 Å². The zero-order valence-corrected chi connectivity index (χ0v) is 11.2. The van der Waals surface area contributed by atoms with Crippen LogP contribution >= 0.6 is 0 Å². The highest BCUT2D eigenvalue weighted by atomic mass is 16.5. The van der Waals surface area contributed by atoms with Crippen molar-refractivity contribution in [3.63, 3.8) is 0 Å². The monoisotopic (exact) mass is 269 g/mol. The summed E-state index contributed by atoms with van der Waals surface area (Å²) >= 11 is 0. The number of benzene rings is 2. The number of nitrogens with zero attached hydrogens (tertiary/aromatic N) is 1. The molecule has 20 heavy (non-hydrogen) atoms. The molecule has 0 aliphatic carbocycles. The summed E-state index contributed by atoms with van der Waals surface area (Å²) in [6.45, 7) is 1.56. The van der Waals surface area contributed by atoms with E-state index in [2.05, 4.69) is 4.90 Å². The number of phenols is 1. The lowest BCUT2D eigenvalue weighted by Gasteiger charge is -2.17. The van der Waals surface area contributed by atoms with E-state index in [1.165, 1.54) is 12.7 Å². The van der Waals surface area contributed by atoms with Crippen molar-refractivity contribution in [3.05, 3.63) is 59.2 Å². The van der Waals surface area contributed by atoms with Crippen LogP contribution in [0.4, 0.5) is 5.69 Å². The summed E-state index contributed by atoms with van der Waals surface area (Å²) in [6, 6.07) is 12.8. The lowest BCUT2D eigenvalue weighted by Crippen LogP contribution is -2.13. The predicted octanol–water partition coefficient (Wildman–Crippen LogP) is 2.70. The number of carbonyl (C=O) groups is 1. The van der Waals surface area contributed by atoms with Crippen LogP contribution in [0.5, 0.6) is 5.75 Å². The van der Waals surface area contributed by atoms with Crippen molar-refractivity contribution >= 4 is 11.7 Å². The Morgan fingerprint density at radius 1 is 1.10 bits per heavy atom. The molecule has 102 valence electrons. The van der Waals surface area contributed by atoms with E-state index in [0.29, 0.717) is 5.56 Å². The second-order valence-electron chi connectivity index (χ2n) is 4.85. The first-order valence-electron chi connectivity index (χ1n) is 6.41. The van der Waals surface area contributed by atoms with Gasteiger partial charge in [-0.05, 0) is 47.5 Å². The van der Waals surface area contributed by atoms with Crippen molar-refractivity contribution in [3.8, 4) is 5.75 Å². The normalized spacial score (nSPS) is 13.2. The molecule has 1 heterocycles. The molecule has 0 bridgehead atoms. The molecule has 0 amide bonds. The number of fused-ring (bicyclic) bond motifs is 1. The van der Waals surface area contributed by atoms with E-state index in [9.17, 15) is 9.90 Å². The first-order chi connectivity index (χ1) is 9.67. The molecule has 0 radical (unpaired) electrons. The number of rotatable bonds is 2. The lowest BCUT2D eigenvalue weighted by molar-refractivity contribution is 0.0600. The topological polar surface area (TPSA) is 49.8 Å². The molecule has 0 fully saturated rings. The molecular weight excluding hydrogens is 254 g/mol. The Morgan fingerprint density at radius 2 is 1.80 bits per heavy atom. The minimum absolute atomic E-state index is 0.262. The summed E-state index contributed by atoms with van der Waals surface area (Å²) < 4.78 is 4.74. The number of aromatic hydroxyl groups is 1. The number of anilines is 1. The number of methoxy groups -OCH3 is 1. The Bertz CT molecular complexity index is 649. The van der Waals surface area contributed by atoms with Gasteiger partial charge in [-0.25, -0.2) is 4.79 Å². The van der Waals surface area contributed by atoms with Gasteiger partial charge in [0.05, 0.1) is 12.7 Å². The van der Waals surface area contributed by atoms with Crippen LogP contribution in [0.2, 0.25) is 0 Å². The molecule has 0 saturated heterocycles. The van der Waals surface area contributed by atoms with Gasteiger partial charge < -0.3 is 14.7 Å². The molecule has 4 nitrogen and oxygen atoms in total. The first-order valence-corrected chi connectivity index (χ1v) is 6.41. The fraction of sp³-hybridized carbons (Fsp3) is 0.188. The molecule has 0 aromatic heterocycles. The minimum Gasteiger partial charge on any atom is -0.508 e. The van der Waals surface area contributed by atoms with E-state index in [0.717, 1.165) is 24.3 Å². The maximum atomic E-state index is 11.5. The van der Waals surface area contributed by atoms with Crippen LogP contribution in [0, 0.1) is 0 Å². The molecule has 1 N–H and O–H groups in total. The third-order valence-corrected chi connectivity index (χ3v) is 3.56. The van der Waals surface area contributed by atoms with Crippen LogP contribution in [-0.2, 0) is 17.8 Å². The van der Waals surface area contributed by atoms with E-state index < -0.39 is 0 Å². The summed E-state index contributed by atoms with van der Waals surface area (Å²) in [7, 11) is 1.39. The lowest BCUT2D eigenvalue weighted by atomic mass is 10.1. The van der Waals surface area contributed by atoms with Crippen LogP contribution < -0.4 is 4.90 Å². The van der Waals surface area contributed by atoms with E-state index in [1.807, 2.05) is 24.3 Å². The quantitative estimate of drug-likeness (QED) is 0.852. The Kier molecular flexibility index (Phi) is 3.06. The summed E-state index contributed by atoms with van der Waals surface area (Å²) in [5.41, 5.74) is 3.99. The van der Waals surface area contributed by atoms with Crippen LogP contribution in [0.1, 0.15) is 21.5 Å². The van der Waals surface area contributed by atoms with Crippen molar-refractivity contribution in [1.29, 1.82) is 0 Å². The van der Waals surface area contributed by atoms with E-state index in [4.69, 9.17) is 4.74 Å². The second kappa shape index (κ2) is 4.89. The second-order valence-corrected chi connectivity index (χ2v) is 4.85. The maximum Gasteiger partial charge on any atom is 0.337 e. The highest BCUT2D eigenvalue weighted by molar-refractivity contribution is 5.89. The van der Waals surface area contributed by atoms with Gasteiger partial charge >= 0.3 is 5.97 Å². The Hall–Kier alpha value is -2.49. The van der Waals surface area contributed by atoms with E-state index >= 15 is 0 Å². The van der Waals surface area contributed by atoms with Crippen LogP contribution in [0.25, 0.3) is 0 Å². The van der Waals surface area contributed by atoms with Gasteiger partial charge in [0.2, 0.25) is 0 Å². The van der Waals surface area contributed by atoms with Crippen molar-refractivity contribution in [2.75, 3.05) is 12.0 Å². The SMILES string of the molecule is COC(=O)c1ccc2c(c1)CN(c1ccc(O)cc1)C2. The van der Waals surface area contributed by atoms with E-state index in [1.54, 1.807) is 18.2 Å². The molecule has 0 atom stereocenters. The van der Waals surface area contributed by atoms with Gasteiger partial charge in [-0.3, -0.25) is 0 Å². The minimum atomic E-state index is -0.309. The van der Waals surface area contributed by atoms with Crippen LogP contribution in [0.3, 0.4) is 0 Å². The smallest absolute Gasteiger partial charge is 0.337 e. The first kappa shape index (κ1) is 12.5. The van der Waals surface area contributed by atoms with Gasteiger partial charge in [0.15, 0.2) is 0 Å². The van der Waals surface area contributed by atoms with Gasteiger partial charge in [-0.15, -0.1) is 0 Å². The largest absolute Gasteiger partial charge is 0.508 e. The van der Waals surface area contributed by atoms with Crippen molar-refractivity contribution in [1.82, 2.24) is 0 Å². The molecule has 0 saturated carbocycles. The summed E-state index contributed by atoms with van der Waals surface area (Å²) in [4.78, 5) is 13.7. The number of hydrogen-bond donors (Lipinski definition) is 1. The van der Waals surface area contributed by atoms with Crippen molar-refractivity contribution < 1.29 is 14.6 Å². The number of hydrogen-bond acceptors (Lipinski definition) is 4. The molecular formula is C16H15NO3. The average Bonchev–Trinajstić information content (AvgIpc) is 2.90. The summed E-state index contributed by atoms with van der Waals surface area (Å²) in [5.74, 6) is -0.0469. The highest BCUT2D eigenvalue weighted by Gasteiger charge is 2.20. The summed E-state index contributed by atoms with van der Waals surface area (Å²) in [5, 5.41) is 9.33. The molecule has 3 rings (SSSR count). The van der Waals surface area contributed by atoms with E-state index in [-0.39, 0.29) is 11.7 Å². The third kappa shape index (κ3) is 2.20. The molecule has 1 aliphatic heterocycles. The number of carbonyl (C=O) groups excluding carboxylic acids is 1. The van der Waals surface area contributed by atoms with Gasteiger partial charge in [0.25, 0.3) is 0 Å². The molecule has 2 aromatic rings. The average molecular weight is 269 g/mol. The zero-order chi connectivity index (χ0) is 14.1. The van der Waals surface area contributed by atoms with Crippen LogP contribution in [-0.4, -0.2) is 18.2 Å². The van der Waals surface area contributed by atoms with Gasteiger partial charge in [-0.2, -0.15) is 0 Å². The standard InChI is InChI=1S/C16H15NO3/c1-20-16(19)11-2-3-12-9-17(10-13(12)8-11)14-4-6-15(18)7-5-14/h2-8,18H,9-10H2,1H3. The number of ether oxygens (including phenoxy) is 1. The fourth-order valence-electron chi connectivity index (χ4n) is 2.49.